The topological polar surface area (TPSA) is 88.6 Å². The number of aromatic nitrogens is 5. The predicted molar refractivity (Wildman–Crippen MR) is 124 cm³/mol. The number of nitrogens with zero attached hydrogens (tertiary/aromatic N) is 7. The number of rotatable bonds is 2. The van der Waals surface area contributed by atoms with Crippen LogP contribution in [0, 0.1) is 20.8 Å². The quantitative estimate of drug-likeness (QED) is 0.451. The van der Waals surface area contributed by atoms with E-state index in [9.17, 15) is 9.59 Å². The van der Waals surface area contributed by atoms with Crippen LogP contribution >= 0.6 is 11.6 Å². The van der Waals surface area contributed by atoms with Crippen molar-refractivity contribution in [2.24, 2.45) is 0 Å². The third kappa shape index (κ3) is 3.11. The van der Waals surface area contributed by atoms with E-state index in [4.69, 9.17) is 11.6 Å². The summed E-state index contributed by atoms with van der Waals surface area (Å²) < 4.78 is 3.16. The molecule has 0 saturated carbocycles. The molecule has 5 rings (SSSR count). The maximum Gasteiger partial charge on any atom is 0.344 e. The van der Waals surface area contributed by atoms with E-state index in [-0.39, 0.29) is 17.6 Å². The number of amides is 2. The van der Waals surface area contributed by atoms with Crippen LogP contribution in [0.5, 0.6) is 0 Å². The van der Waals surface area contributed by atoms with Crippen LogP contribution in [-0.2, 0) is 0 Å². The number of aryl methyl sites for hydroxylation is 2. The smallest absolute Gasteiger partial charge is 0.329 e. The summed E-state index contributed by atoms with van der Waals surface area (Å²) in [5.41, 5.74) is 4.78. The summed E-state index contributed by atoms with van der Waals surface area (Å²) in [5, 5.41) is 13.4. The van der Waals surface area contributed by atoms with Gasteiger partial charge in [0.25, 0.3) is 5.91 Å². The number of halogens is 1. The molecular weight excluding hydrogens is 442 g/mol. The molecule has 4 aromatic rings. The van der Waals surface area contributed by atoms with E-state index in [1.54, 1.807) is 31.1 Å². The maximum absolute atomic E-state index is 13.7. The molecule has 0 aliphatic carbocycles. The van der Waals surface area contributed by atoms with Gasteiger partial charge in [0.2, 0.25) is 0 Å². The molecule has 0 saturated heterocycles. The number of benzene rings is 1. The second-order valence-electron chi connectivity index (χ2n) is 8.39. The van der Waals surface area contributed by atoms with Crippen molar-refractivity contribution in [1.82, 2.24) is 29.3 Å². The molecule has 4 heterocycles. The van der Waals surface area contributed by atoms with E-state index < -0.39 is 6.04 Å². The van der Waals surface area contributed by atoms with Crippen molar-refractivity contribution in [3.8, 4) is 0 Å². The average molecular weight is 464 g/mol. The molecular formula is C23H22ClN7O2. The maximum atomic E-state index is 13.7. The standard InChI is InChI=1S/C23H22ClN7O2/c1-12-10-17(11-29-14(3)25-26-21(12)29)30-20(15-6-8-16(24)9-7-15)18-13(2)31(23(33)28(4)5)27-19(18)22(30)32/h6-11,20H,1-5H3. The summed E-state index contributed by atoms with van der Waals surface area (Å²) in [7, 11) is 3.30. The zero-order valence-corrected chi connectivity index (χ0v) is 19.6. The molecule has 0 radical (unpaired) electrons. The Balaban J connectivity index is 1.74. The number of hydrogen-bond acceptors (Lipinski definition) is 5. The van der Waals surface area contributed by atoms with Gasteiger partial charge in [0.05, 0.1) is 17.4 Å². The van der Waals surface area contributed by atoms with Crippen LogP contribution < -0.4 is 4.90 Å². The van der Waals surface area contributed by atoms with Gasteiger partial charge in [0, 0.05) is 30.9 Å². The predicted octanol–water partition coefficient (Wildman–Crippen LogP) is 3.78. The molecule has 1 atom stereocenters. The highest BCUT2D eigenvalue weighted by Gasteiger charge is 2.44. The van der Waals surface area contributed by atoms with Gasteiger partial charge in [-0.05, 0) is 50.1 Å². The van der Waals surface area contributed by atoms with E-state index >= 15 is 0 Å². The van der Waals surface area contributed by atoms with E-state index in [0.29, 0.717) is 22.0 Å². The molecule has 1 unspecified atom stereocenters. The highest BCUT2D eigenvalue weighted by atomic mass is 35.5. The van der Waals surface area contributed by atoms with Gasteiger partial charge in [-0.1, -0.05) is 23.7 Å². The van der Waals surface area contributed by atoms with Gasteiger partial charge >= 0.3 is 6.03 Å². The molecule has 1 aliphatic heterocycles. The Hall–Kier alpha value is -3.72. The lowest BCUT2D eigenvalue weighted by Gasteiger charge is -2.27. The first-order valence-corrected chi connectivity index (χ1v) is 10.8. The zero-order valence-electron chi connectivity index (χ0n) is 18.9. The third-order valence-corrected chi connectivity index (χ3v) is 6.24. The first kappa shape index (κ1) is 21.1. The second-order valence-corrected chi connectivity index (χ2v) is 8.82. The molecule has 9 nitrogen and oxygen atoms in total. The molecule has 33 heavy (non-hydrogen) atoms. The van der Waals surface area contributed by atoms with Gasteiger partial charge in [0.15, 0.2) is 11.3 Å². The summed E-state index contributed by atoms with van der Waals surface area (Å²) in [6, 6.07) is 8.51. The van der Waals surface area contributed by atoms with Crippen LogP contribution in [0.15, 0.2) is 36.5 Å². The molecule has 0 spiro atoms. The summed E-state index contributed by atoms with van der Waals surface area (Å²) >= 11 is 6.14. The Morgan fingerprint density at radius 3 is 2.45 bits per heavy atom. The lowest BCUT2D eigenvalue weighted by molar-refractivity contribution is 0.0988. The first-order valence-electron chi connectivity index (χ1n) is 10.4. The van der Waals surface area contributed by atoms with Crippen LogP contribution in [-0.4, -0.2) is 55.3 Å². The van der Waals surface area contributed by atoms with Crippen LogP contribution in [0.3, 0.4) is 0 Å². The second kappa shape index (κ2) is 7.41. The van der Waals surface area contributed by atoms with Gasteiger partial charge in [-0.3, -0.25) is 14.1 Å². The van der Waals surface area contributed by atoms with Crippen molar-refractivity contribution >= 4 is 34.9 Å². The molecule has 3 aromatic heterocycles. The van der Waals surface area contributed by atoms with Crippen molar-refractivity contribution in [2.75, 3.05) is 19.0 Å². The van der Waals surface area contributed by atoms with Crippen molar-refractivity contribution in [3.63, 3.8) is 0 Å². The summed E-state index contributed by atoms with van der Waals surface area (Å²) in [6.07, 6.45) is 1.86. The van der Waals surface area contributed by atoms with Gasteiger partial charge in [-0.25, -0.2) is 4.79 Å². The minimum absolute atomic E-state index is 0.265. The Morgan fingerprint density at radius 1 is 1.09 bits per heavy atom. The summed E-state index contributed by atoms with van der Waals surface area (Å²) in [5.74, 6) is 0.447. The Morgan fingerprint density at radius 2 is 1.79 bits per heavy atom. The Bertz CT molecular complexity index is 1440. The van der Waals surface area contributed by atoms with E-state index in [1.165, 1.54) is 9.58 Å². The number of pyridine rings is 1. The molecule has 0 bridgehead atoms. The molecule has 0 N–H and O–H groups in total. The van der Waals surface area contributed by atoms with Gasteiger partial charge in [0.1, 0.15) is 5.82 Å². The fourth-order valence-electron chi connectivity index (χ4n) is 4.34. The number of carbonyl (C=O) groups is 2. The highest BCUT2D eigenvalue weighted by molar-refractivity contribution is 6.30. The van der Waals surface area contributed by atoms with E-state index in [1.807, 2.05) is 49.6 Å². The van der Waals surface area contributed by atoms with E-state index in [2.05, 4.69) is 15.3 Å². The first-order chi connectivity index (χ1) is 15.7. The molecule has 1 aromatic carbocycles. The van der Waals surface area contributed by atoms with Crippen molar-refractivity contribution in [2.45, 2.75) is 26.8 Å². The minimum atomic E-state index is -0.470. The van der Waals surface area contributed by atoms with Gasteiger partial charge in [-0.15, -0.1) is 10.2 Å². The van der Waals surface area contributed by atoms with Gasteiger partial charge < -0.3 is 4.90 Å². The third-order valence-electron chi connectivity index (χ3n) is 5.99. The Kier molecular flexibility index (Phi) is 4.75. The fourth-order valence-corrected chi connectivity index (χ4v) is 4.47. The zero-order chi connectivity index (χ0) is 23.6. The van der Waals surface area contributed by atoms with Crippen LogP contribution in [0.2, 0.25) is 5.02 Å². The summed E-state index contributed by atoms with van der Waals surface area (Å²) in [6.45, 7) is 5.61. The van der Waals surface area contributed by atoms with Crippen molar-refractivity contribution in [1.29, 1.82) is 0 Å². The largest absolute Gasteiger partial charge is 0.344 e. The number of hydrogen-bond donors (Lipinski definition) is 0. The van der Waals surface area contributed by atoms with Crippen LogP contribution in [0.25, 0.3) is 5.65 Å². The fraction of sp³-hybridized carbons (Fsp3) is 0.261. The van der Waals surface area contributed by atoms with Crippen LogP contribution in [0.1, 0.15) is 44.7 Å². The number of carbonyl (C=O) groups excluding carboxylic acids is 2. The monoisotopic (exact) mass is 463 g/mol. The average Bonchev–Trinajstić information content (AvgIpc) is 3.41. The lowest BCUT2D eigenvalue weighted by Crippen LogP contribution is -2.33. The number of fused-ring (bicyclic) bond motifs is 2. The molecule has 10 heteroatoms. The summed E-state index contributed by atoms with van der Waals surface area (Å²) in [4.78, 5) is 29.6. The van der Waals surface area contributed by atoms with Crippen molar-refractivity contribution < 1.29 is 9.59 Å². The SMILES string of the molecule is Cc1cc(N2C(=O)c3nn(C(=O)N(C)C)c(C)c3C2c2ccc(Cl)cc2)cn2c(C)nnc12. The van der Waals surface area contributed by atoms with Crippen molar-refractivity contribution in [3.05, 3.63) is 75.5 Å². The molecule has 168 valence electrons. The normalized spacial score (nSPS) is 15.4. The Labute approximate surface area is 195 Å². The van der Waals surface area contributed by atoms with E-state index in [0.717, 1.165) is 22.6 Å². The van der Waals surface area contributed by atoms with Gasteiger partial charge in [-0.2, -0.15) is 9.78 Å². The highest BCUT2D eigenvalue weighted by Crippen LogP contribution is 2.43. The number of anilines is 1. The van der Waals surface area contributed by atoms with Crippen LogP contribution in [0.4, 0.5) is 10.5 Å². The molecule has 0 fully saturated rings. The molecule has 1 aliphatic rings. The lowest BCUT2D eigenvalue weighted by atomic mass is 9.99. The molecule has 2 amide bonds. The minimum Gasteiger partial charge on any atom is -0.329 e.